The van der Waals surface area contributed by atoms with E-state index in [0.717, 1.165) is 17.9 Å². The Morgan fingerprint density at radius 2 is 2.11 bits per heavy atom. The number of carbonyl (C=O) groups is 1. The Morgan fingerprint density at radius 3 is 2.79 bits per heavy atom. The summed E-state index contributed by atoms with van der Waals surface area (Å²) < 4.78 is 2.00. The number of carbonyl (C=O) groups excluding carboxylic acids is 1. The molecule has 0 aliphatic carbocycles. The monoisotopic (exact) mass is 258 g/mol. The number of hydrogen-bond acceptors (Lipinski definition) is 3. The molecule has 2 rings (SSSR count). The molecule has 19 heavy (non-hydrogen) atoms. The zero-order valence-electron chi connectivity index (χ0n) is 11.0. The first-order valence-electron chi connectivity index (χ1n) is 6.34. The molecule has 1 heterocycles. The zero-order valence-corrected chi connectivity index (χ0v) is 11.0. The summed E-state index contributed by atoms with van der Waals surface area (Å²) in [6, 6.07) is 7.12. The molecule has 100 valence electrons. The number of nitrogens with two attached hydrogens (primary N) is 1. The van der Waals surface area contributed by atoms with Crippen LogP contribution in [0.2, 0.25) is 0 Å². The van der Waals surface area contributed by atoms with Crippen molar-refractivity contribution in [3.05, 3.63) is 42.5 Å². The van der Waals surface area contributed by atoms with Crippen molar-refractivity contribution in [3.63, 3.8) is 0 Å². The van der Waals surface area contributed by atoms with Gasteiger partial charge in [0.1, 0.15) is 5.82 Å². The number of imidazole rings is 1. The summed E-state index contributed by atoms with van der Waals surface area (Å²) in [7, 11) is 0. The van der Waals surface area contributed by atoms with E-state index in [1.54, 1.807) is 30.5 Å². The number of aromatic nitrogens is 2. The molecular weight excluding hydrogens is 240 g/mol. The smallest absolute Gasteiger partial charge is 0.226 e. The fraction of sp³-hybridized carbons (Fsp3) is 0.286. The molecule has 0 fully saturated rings. The van der Waals surface area contributed by atoms with E-state index in [9.17, 15) is 4.79 Å². The van der Waals surface area contributed by atoms with Crippen LogP contribution in [-0.2, 0) is 17.8 Å². The minimum atomic E-state index is -0.0134. The molecule has 3 N–H and O–H groups in total. The van der Waals surface area contributed by atoms with Crippen molar-refractivity contribution in [2.24, 2.45) is 0 Å². The second-order valence-corrected chi connectivity index (χ2v) is 4.31. The molecule has 0 unspecified atom stereocenters. The molecule has 1 aromatic carbocycles. The first-order valence-corrected chi connectivity index (χ1v) is 6.34. The normalized spacial score (nSPS) is 10.4. The van der Waals surface area contributed by atoms with Crippen molar-refractivity contribution >= 4 is 17.3 Å². The lowest BCUT2D eigenvalue weighted by molar-refractivity contribution is -0.116. The highest BCUT2D eigenvalue weighted by Crippen LogP contribution is 2.11. The van der Waals surface area contributed by atoms with Crippen LogP contribution in [0.1, 0.15) is 19.2 Å². The standard InChI is InChI=1S/C14H18N4O/c1-2-13-16-8-10-18(13)9-7-14(19)17-12-5-3-11(15)4-6-12/h3-6,8,10H,2,7,9,15H2,1H3,(H,17,19). The van der Waals surface area contributed by atoms with Crippen LogP contribution in [0.15, 0.2) is 36.7 Å². The summed E-state index contributed by atoms with van der Waals surface area (Å²) in [4.78, 5) is 16.0. The summed E-state index contributed by atoms with van der Waals surface area (Å²) >= 11 is 0. The third kappa shape index (κ3) is 3.58. The van der Waals surface area contributed by atoms with Crippen LogP contribution in [0.4, 0.5) is 11.4 Å². The third-order valence-electron chi connectivity index (χ3n) is 2.89. The molecule has 0 saturated heterocycles. The second-order valence-electron chi connectivity index (χ2n) is 4.31. The average molecular weight is 258 g/mol. The van der Waals surface area contributed by atoms with Crippen molar-refractivity contribution in [1.82, 2.24) is 9.55 Å². The Hall–Kier alpha value is -2.30. The van der Waals surface area contributed by atoms with Gasteiger partial charge in [-0.2, -0.15) is 0 Å². The van der Waals surface area contributed by atoms with E-state index in [0.29, 0.717) is 18.7 Å². The molecule has 5 nitrogen and oxygen atoms in total. The zero-order chi connectivity index (χ0) is 13.7. The van der Waals surface area contributed by atoms with Crippen LogP contribution < -0.4 is 11.1 Å². The number of hydrogen-bond donors (Lipinski definition) is 2. The van der Waals surface area contributed by atoms with Gasteiger partial charge >= 0.3 is 0 Å². The first kappa shape index (κ1) is 13.1. The van der Waals surface area contributed by atoms with Crippen LogP contribution >= 0.6 is 0 Å². The van der Waals surface area contributed by atoms with Gasteiger partial charge in [0.2, 0.25) is 5.91 Å². The lowest BCUT2D eigenvalue weighted by Crippen LogP contribution is -2.15. The summed E-state index contributed by atoms with van der Waals surface area (Å²) in [5, 5.41) is 2.84. The van der Waals surface area contributed by atoms with Gasteiger partial charge in [-0.1, -0.05) is 6.92 Å². The van der Waals surface area contributed by atoms with Gasteiger partial charge in [0.15, 0.2) is 0 Å². The number of nitrogens with one attached hydrogen (secondary N) is 1. The van der Waals surface area contributed by atoms with Gasteiger partial charge in [-0.3, -0.25) is 4.79 Å². The van der Waals surface area contributed by atoms with Crippen molar-refractivity contribution in [2.75, 3.05) is 11.1 Å². The maximum Gasteiger partial charge on any atom is 0.226 e. The van der Waals surface area contributed by atoms with E-state index in [-0.39, 0.29) is 5.91 Å². The quantitative estimate of drug-likeness (QED) is 0.806. The maximum absolute atomic E-state index is 11.8. The number of amides is 1. The molecule has 0 aliphatic heterocycles. The molecule has 0 radical (unpaired) electrons. The van der Waals surface area contributed by atoms with Gasteiger partial charge in [-0.05, 0) is 24.3 Å². The van der Waals surface area contributed by atoms with Gasteiger partial charge in [-0.15, -0.1) is 0 Å². The lowest BCUT2D eigenvalue weighted by atomic mass is 10.2. The molecule has 0 aliphatic rings. The second kappa shape index (κ2) is 6.04. The maximum atomic E-state index is 11.8. The molecule has 0 saturated carbocycles. The highest BCUT2D eigenvalue weighted by atomic mass is 16.1. The summed E-state index contributed by atoms with van der Waals surface area (Å²) in [5.74, 6) is 0.987. The van der Waals surface area contributed by atoms with E-state index in [1.807, 2.05) is 17.7 Å². The Balaban J connectivity index is 1.86. The summed E-state index contributed by atoms with van der Waals surface area (Å²) in [5.41, 5.74) is 7.04. The molecule has 1 aromatic heterocycles. The number of benzene rings is 1. The van der Waals surface area contributed by atoms with Gasteiger partial charge in [0, 0.05) is 43.2 Å². The van der Waals surface area contributed by atoms with Crippen molar-refractivity contribution < 1.29 is 4.79 Å². The fourth-order valence-electron chi connectivity index (χ4n) is 1.87. The van der Waals surface area contributed by atoms with Gasteiger partial charge in [0.25, 0.3) is 0 Å². The number of aryl methyl sites for hydroxylation is 2. The van der Waals surface area contributed by atoms with Gasteiger partial charge in [-0.25, -0.2) is 4.98 Å². The van der Waals surface area contributed by atoms with Crippen LogP contribution in [0.3, 0.4) is 0 Å². The Morgan fingerprint density at radius 1 is 1.37 bits per heavy atom. The fourth-order valence-corrected chi connectivity index (χ4v) is 1.87. The van der Waals surface area contributed by atoms with E-state index in [2.05, 4.69) is 10.3 Å². The predicted octanol–water partition coefficient (Wildman–Crippen LogP) is 2.06. The van der Waals surface area contributed by atoms with Crippen LogP contribution in [-0.4, -0.2) is 15.5 Å². The highest BCUT2D eigenvalue weighted by molar-refractivity contribution is 5.90. The molecule has 0 atom stereocenters. The molecule has 0 bridgehead atoms. The Bertz CT molecular complexity index is 545. The third-order valence-corrected chi connectivity index (χ3v) is 2.89. The summed E-state index contributed by atoms with van der Waals surface area (Å²) in [6.07, 6.45) is 4.95. The summed E-state index contributed by atoms with van der Waals surface area (Å²) in [6.45, 7) is 2.69. The van der Waals surface area contributed by atoms with Crippen LogP contribution in [0.25, 0.3) is 0 Å². The number of rotatable bonds is 5. The van der Waals surface area contributed by atoms with Crippen molar-refractivity contribution in [2.45, 2.75) is 26.3 Å². The van der Waals surface area contributed by atoms with Gasteiger partial charge in [0.05, 0.1) is 0 Å². The predicted molar refractivity (Wildman–Crippen MR) is 75.7 cm³/mol. The molecule has 5 heteroatoms. The van der Waals surface area contributed by atoms with Gasteiger partial charge < -0.3 is 15.6 Å². The lowest BCUT2D eigenvalue weighted by Gasteiger charge is -2.08. The van der Waals surface area contributed by atoms with Crippen LogP contribution in [0, 0.1) is 0 Å². The van der Waals surface area contributed by atoms with E-state index in [4.69, 9.17) is 5.73 Å². The Kier molecular flexibility index (Phi) is 4.18. The van der Waals surface area contributed by atoms with E-state index < -0.39 is 0 Å². The van der Waals surface area contributed by atoms with Crippen molar-refractivity contribution in [3.8, 4) is 0 Å². The topological polar surface area (TPSA) is 72.9 Å². The molecule has 2 aromatic rings. The van der Waals surface area contributed by atoms with Crippen molar-refractivity contribution in [1.29, 1.82) is 0 Å². The van der Waals surface area contributed by atoms with E-state index in [1.165, 1.54) is 0 Å². The minimum Gasteiger partial charge on any atom is -0.399 e. The SMILES string of the molecule is CCc1nccn1CCC(=O)Nc1ccc(N)cc1. The molecular formula is C14H18N4O. The number of nitrogens with zero attached hydrogens (tertiary/aromatic N) is 2. The number of nitrogen functional groups attached to an aromatic ring is 1. The average Bonchev–Trinajstić information content (AvgIpc) is 2.86. The highest BCUT2D eigenvalue weighted by Gasteiger charge is 2.05. The van der Waals surface area contributed by atoms with E-state index >= 15 is 0 Å². The number of anilines is 2. The molecule has 0 spiro atoms. The Labute approximate surface area is 112 Å². The largest absolute Gasteiger partial charge is 0.399 e. The first-order chi connectivity index (χ1) is 9.19. The van der Waals surface area contributed by atoms with Crippen LogP contribution in [0.5, 0.6) is 0 Å². The molecule has 1 amide bonds. The minimum absolute atomic E-state index is 0.0134.